The fraction of sp³-hybridized carbons (Fsp3) is 0.870. The van der Waals surface area contributed by atoms with Crippen LogP contribution in [-0.2, 0) is 23.9 Å². The molecule has 170 valence electrons. The van der Waals surface area contributed by atoms with Gasteiger partial charge in [-0.15, -0.1) is 0 Å². The monoisotopic (exact) mass is 413 g/mol. The molecule has 0 heterocycles. The smallest absolute Gasteiger partial charge is 0.225 e. The highest BCUT2D eigenvalue weighted by Crippen LogP contribution is 2.15. The van der Waals surface area contributed by atoms with Gasteiger partial charge in [-0.05, 0) is 12.3 Å². The van der Waals surface area contributed by atoms with Crippen molar-refractivity contribution in [2.45, 2.75) is 73.8 Å². The normalized spacial score (nSPS) is 12.8. The van der Waals surface area contributed by atoms with E-state index in [2.05, 4.69) is 13.8 Å². The van der Waals surface area contributed by atoms with Gasteiger partial charge in [0.15, 0.2) is 0 Å². The zero-order valence-corrected chi connectivity index (χ0v) is 19.8. The Labute approximate surface area is 177 Å². The number of carbonyl (C=O) groups is 3. The van der Waals surface area contributed by atoms with E-state index in [0.717, 1.165) is 6.42 Å². The highest BCUT2D eigenvalue weighted by molar-refractivity contribution is 5.80. The second kappa shape index (κ2) is 14.7. The Morgan fingerprint density at radius 2 is 1.17 bits per heavy atom. The van der Waals surface area contributed by atoms with Gasteiger partial charge in [0.1, 0.15) is 11.6 Å². The van der Waals surface area contributed by atoms with Crippen LogP contribution in [0.4, 0.5) is 0 Å². The number of ketones is 2. The molecular formula is C23H43NO5. The third-order valence-electron chi connectivity index (χ3n) is 5.04. The summed E-state index contributed by atoms with van der Waals surface area (Å²) in [5.41, 5.74) is 0. The van der Waals surface area contributed by atoms with Crippen LogP contribution in [0.2, 0.25) is 0 Å². The van der Waals surface area contributed by atoms with Gasteiger partial charge in [0.25, 0.3) is 0 Å². The topological polar surface area (TPSA) is 72.9 Å². The van der Waals surface area contributed by atoms with E-state index in [0.29, 0.717) is 45.2 Å². The lowest BCUT2D eigenvalue weighted by Crippen LogP contribution is -2.45. The molecular weight excluding hydrogens is 370 g/mol. The summed E-state index contributed by atoms with van der Waals surface area (Å²) in [5, 5.41) is 0. The van der Waals surface area contributed by atoms with Crippen LogP contribution in [0.15, 0.2) is 0 Å². The second-order valence-electron chi connectivity index (χ2n) is 9.03. The highest BCUT2D eigenvalue weighted by atomic mass is 16.5. The molecule has 0 aliphatic heterocycles. The maximum Gasteiger partial charge on any atom is 0.225 e. The molecule has 0 saturated heterocycles. The van der Waals surface area contributed by atoms with E-state index in [1.807, 2.05) is 34.6 Å². The SMILES string of the molecule is CC(C)CC(C)C(=O)N(C)C(COCCC(=O)C(C)C)COCCC(=O)C(C)C. The second-order valence-corrected chi connectivity index (χ2v) is 9.03. The van der Waals surface area contributed by atoms with Crippen molar-refractivity contribution in [2.24, 2.45) is 23.7 Å². The van der Waals surface area contributed by atoms with E-state index in [9.17, 15) is 14.4 Å². The van der Waals surface area contributed by atoms with Crippen molar-refractivity contribution >= 4 is 17.5 Å². The Bertz CT molecular complexity index is 473. The van der Waals surface area contributed by atoms with Crippen molar-refractivity contribution in [3.8, 4) is 0 Å². The fourth-order valence-electron chi connectivity index (χ4n) is 2.97. The van der Waals surface area contributed by atoms with Gasteiger partial charge >= 0.3 is 0 Å². The Hall–Kier alpha value is -1.27. The first-order chi connectivity index (χ1) is 13.5. The maximum absolute atomic E-state index is 12.8. The molecule has 0 aromatic carbocycles. The summed E-state index contributed by atoms with van der Waals surface area (Å²) in [6.45, 7) is 14.9. The molecule has 0 N–H and O–H groups in total. The number of nitrogens with zero attached hydrogens (tertiary/aromatic N) is 1. The largest absolute Gasteiger partial charge is 0.379 e. The van der Waals surface area contributed by atoms with Gasteiger partial charge in [-0.1, -0.05) is 48.5 Å². The highest BCUT2D eigenvalue weighted by Gasteiger charge is 2.25. The minimum atomic E-state index is -0.250. The fourth-order valence-corrected chi connectivity index (χ4v) is 2.97. The molecule has 0 bridgehead atoms. The van der Waals surface area contributed by atoms with Crippen LogP contribution in [0.1, 0.15) is 67.7 Å². The van der Waals surface area contributed by atoms with Crippen LogP contribution >= 0.6 is 0 Å². The van der Waals surface area contributed by atoms with E-state index in [1.165, 1.54) is 0 Å². The van der Waals surface area contributed by atoms with Gasteiger partial charge in [0, 0.05) is 37.6 Å². The third-order valence-corrected chi connectivity index (χ3v) is 5.04. The van der Waals surface area contributed by atoms with Crippen molar-refractivity contribution < 1.29 is 23.9 Å². The van der Waals surface area contributed by atoms with Crippen LogP contribution < -0.4 is 0 Å². The Morgan fingerprint density at radius 1 is 0.759 bits per heavy atom. The van der Waals surface area contributed by atoms with Crippen LogP contribution in [0.3, 0.4) is 0 Å². The number of Topliss-reactive ketones (excluding diaryl/α,β-unsaturated/α-hetero) is 2. The first-order valence-electron chi connectivity index (χ1n) is 10.9. The van der Waals surface area contributed by atoms with Gasteiger partial charge in [0.05, 0.1) is 32.5 Å². The summed E-state index contributed by atoms with van der Waals surface area (Å²) in [4.78, 5) is 38.0. The van der Waals surface area contributed by atoms with Crippen molar-refractivity contribution in [1.82, 2.24) is 4.90 Å². The average molecular weight is 414 g/mol. The standard InChI is InChI=1S/C23H43NO5/c1-16(2)13-19(7)23(27)24(8)20(14-28-11-9-21(25)17(3)4)15-29-12-10-22(26)18(5)6/h16-20H,9-15H2,1-8H3. The van der Waals surface area contributed by atoms with Gasteiger partial charge in [-0.25, -0.2) is 0 Å². The van der Waals surface area contributed by atoms with E-state index < -0.39 is 0 Å². The number of amides is 1. The van der Waals surface area contributed by atoms with Crippen molar-refractivity contribution in [1.29, 1.82) is 0 Å². The minimum Gasteiger partial charge on any atom is -0.379 e. The lowest BCUT2D eigenvalue weighted by molar-refractivity contribution is -0.140. The Balaban J connectivity index is 4.74. The summed E-state index contributed by atoms with van der Waals surface area (Å²) in [5.74, 6) is 0.757. The summed E-state index contributed by atoms with van der Waals surface area (Å²) >= 11 is 0. The van der Waals surface area contributed by atoms with E-state index in [-0.39, 0.29) is 41.3 Å². The Morgan fingerprint density at radius 3 is 1.52 bits per heavy atom. The molecule has 1 atom stereocenters. The summed E-state index contributed by atoms with van der Waals surface area (Å²) in [6.07, 6.45) is 1.56. The number of ether oxygens (including phenoxy) is 2. The molecule has 0 fully saturated rings. The lowest BCUT2D eigenvalue weighted by atomic mass is 9.97. The molecule has 0 spiro atoms. The van der Waals surface area contributed by atoms with Crippen molar-refractivity contribution in [2.75, 3.05) is 33.5 Å². The lowest BCUT2D eigenvalue weighted by Gasteiger charge is -2.30. The van der Waals surface area contributed by atoms with Crippen LogP contribution in [-0.4, -0.2) is 61.9 Å². The number of hydrogen-bond acceptors (Lipinski definition) is 5. The van der Waals surface area contributed by atoms with Gasteiger partial charge in [-0.3, -0.25) is 14.4 Å². The van der Waals surface area contributed by atoms with E-state index in [1.54, 1.807) is 11.9 Å². The minimum absolute atomic E-state index is 0.00245. The molecule has 0 rings (SSSR count). The number of hydrogen-bond donors (Lipinski definition) is 0. The quantitative estimate of drug-likeness (QED) is 0.360. The summed E-state index contributed by atoms with van der Waals surface area (Å²) in [6, 6.07) is -0.250. The molecule has 6 nitrogen and oxygen atoms in total. The molecule has 0 aliphatic rings. The van der Waals surface area contributed by atoms with Gasteiger partial charge in [-0.2, -0.15) is 0 Å². The average Bonchev–Trinajstić information content (AvgIpc) is 2.64. The first kappa shape index (κ1) is 27.7. The van der Waals surface area contributed by atoms with Crippen LogP contribution in [0, 0.1) is 23.7 Å². The Kier molecular flexibility index (Phi) is 14.0. The van der Waals surface area contributed by atoms with Crippen LogP contribution in [0.5, 0.6) is 0 Å². The van der Waals surface area contributed by atoms with E-state index in [4.69, 9.17) is 9.47 Å². The molecule has 29 heavy (non-hydrogen) atoms. The van der Waals surface area contributed by atoms with Crippen molar-refractivity contribution in [3.05, 3.63) is 0 Å². The molecule has 0 saturated carbocycles. The molecule has 0 aromatic rings. The zero-order chi connectivity index (χ0) is 22.6. The zero-order valence-electron chi connectivity index (χ0n) is 19.8. The van der Waals surface area contributed by atoms with Gasteiger partial charge < -0.3 is 14.4 Å². The number of carbonyl (C=O) groups excluding carboxylic acids is 3. The molecule has 0 aliphatic carbocycles. The molecule has 0 aromatic heterocycles. The molecule has 1 amide bonds. The number of rotatable bonds is 16. The third kappa shape index (κ3) is 12.1. The van der Waals surface area contributed by atoms with E-state index >= 15 is 0 Å². The van der Waals surface area contributed by atoms with Gasteiger partial charge in [0.2, 0.25) is 5.91 Å². The summed E-state index contributed by atoms with van der Waals surface area (Å²) in [7, 11) is 1.77. The van der Waals surface area contributed by atoms with Crippen molar-refractivity contribution in [3.63, 3.8) is 0 Å². The first-order valence-corrected chi connectivity index (χ1v) is 10.9. The molecule has 1 unspecified atom stereocenters. The summed E-state index contributed by atoms with van der Waals surface area (Å²) < 4.78 is 11.4. The molecule has 6 heteroatoms. The molecule has 0 radical (unpaired) electrons. The number of likely N-dealkylation sites (N-methyl/N-ethyl adjacent to an activating group) is 1. The maximum atomic E-state index is 12.8. The predicted molar refractivity (Wildman–Crippen MR) is 116 cm³/mol. The predicted octanol–water partition coefficient (Wildman–Crippen LogP) is 3.76. The van der Waals surface area contributed by atoms with Crippen LogP contribution in [0.25, 0.3) is 0 Å².